The smallest absolute Gasteiger partial charge is 0.300 e. The molecule has 150 valence electrons. The lowest BCUT2D eigenvalue weighted by Crippen LogP contribution is -2.20. The molecule has 28 heavy (non-hydrogen) atoms. The summed E-state index contributed by atoms with van der Waals surface area (Å²) in [6.07, 6.45) is 1.77. The highest BCUT2D eigenvalue weighted by Crippen LogP contribution is 2.35. The summed E-state index contributed by atoms with van der Waals surface area (Å²) in [7, 11) is 3.23. The number of carbonyl (C=O) groups is 1. The zero-order valence-corrected chi connectivity index (χ0v) is 17.3. The molecule has 0 bridgehead atoms. The van der Waals surface area contributed by atoms with E-state index in [2.05, 4.69) is 10.1 Å². The number of thiazole rings is 1. The van der Waals surface area contributed by atoms with Crippen LogP contribution in [0, 0.1) is 0 Å². The Labute approximate surface area is 167 Å². The maximum Gasteiger partial charge on any atom is 0.300 e. The summed E-state index contributed by atoms with van der Waals surface area (Å²) in [5.74, 6) is 1.00. The summed E-state index contributed by atoms with van der Waals surface area (Å²) in [6, 6.07) is 5.37. The van der Waals surface area contributed by atoms with E-state index in [1.54, 1.807) is 31.2 Å². The molecule has 0 N–H and O–H groups in total. The topological polar surface area (TPSA) is 79.9 Å². The van der Waals surface area contributed by atoms with Gasteiger partial charge in [-0.25, -0.2) is 0 Å². The van der Waals surface area contributed by atoms with E-state index >= 15 is 0 Å². The van der Waals surface area contributed by atoms with Crippen LogP contribution in [-0.2, 0) is 17.8 Å². The van der Waals surface area contributed by atoms with Gasteiger partial charge in [-0.2, -0.15) is 10.1 Å². The second kappa shape index (κ2) is 9.03. The van der Waals surface area contributed by atoms with Crippen molar-refractivity contribution in [1.29, 1.82) is 0 Å². The Hall–Kier alpha value is -2.65. The minimum absolute atomic E-state index is 0.314. The van der Waals surface area contributed by atoms with Gasteiger partial charge in [-0.1, -0.05) is 11.3 Å². The van der Waals surface area contributed by atoms with Crippen LogP contribution in [0.1, 0.15) is 24.3 Å². The fraction of sp³-hybridized carbons (Fsp3) is 0.421. The quantitative estimate of drug-likeness (QED) is 0.540. The number of benzene rings is 1. The van der Waals surface area contributed by atoms with E-state index in [1.807, 2.05) is 30.5 Å². The molecule has 1 aromatic carbocycles. The van der Waals surface area contributed by atoms with Crippen LogP contribution in [0.25, 0.3) is 10.2 Å². The van der Waals surface area contributed by atoms with E-state index in [0.29, 0.717) is 48.3 Å². The molecular formula is C19H24N4O4S. The molecule has 0 aliphatic heterocycles. The maximum absolute atomic E-state index is 12.7. The van der Waals surface area contributed by atoms with Crippen LogP contribution < -0.4 is 14.3 Å². The van der Waals surface area contributed by atoms with E-state index in [-0.39, 0.29) is 5.91 Å². The van der Waals surface area contributed by atoms with Gasteiger partial charge in [0.1, 0.15) is 21.7 Å². The lowest BCUT2D eigenvalue weighted by atomic mass is 10.3. The Morgan fingerprint density at radius 1 is 1.18 bits per heavy atom. The van der Waals surface area contributed by atoms with E-state index < -0.39 is 0 Å². The van der Waals surface area contributed by atoms with Crippen LogP contribution in [-0.4, -0.2) is 47.7 Å². The molecule has 0 aliphatic carbocycles. The molecule has 9 heteroatoms. The fourth-order valence-electron chi connectivity index (χ4n) is 2.84. The van der Waals surface area contributed by atoms with Crippen LogP contribution in [0.5, 0.6) is 11.5 Å². The molecule has 8 nitrogen and oxygen atoms in total. The van der Waals surface area contributed by atoms with E-state index in [0.717, 1.165) is 10.2 Å². The van der Waals surface area contributed by atoms with Crippen molar-refractivity contribution in [2.75, 3.05) is 27.4 Å². The number of rotatable bonds is 8. The third-order valence-electron chi connectivity index (χ3n) is 4.24. The highest BCUT2D eigenvalue weighted by Gasteiger charge is 2.17. The molecule has 3 rings (SSSR count). The largest absolute Gasteiger partial charge is 0.495 e. The van der Waals surface area contributed by atoms with Gasteiger partial charge in [0.2, 0.25) is 0 Å². The number of amides is 1. The standard InChI is InChI=1S/C19H24N4O4S/c1-5-22-10-9-13(21-22)18(24)20-19-23(11-12-27-6-2)16-14(25-3)7-8-15(26-4)17(16)28-19/h7-10H,5-6,11-12H2,1-4H3. The van der Waals surface area contributed by atoms with Crippen molar-refractivity contribution >= 4 is 27.5 Å². The molecule has 0 aliphatic rings. The summed E-state index contributed by atoms with van der Waals surface area (Å²) in [6.45, 7) is 6.24. The molecule has 0 unspecified atom stereocenters. The van der Waals surface area contributed by atoms with Gasteiger partial charge in [-0.05, 0) is 32.0 Å². The zero-order chi connectivity index (χ0) is 20.1. The SMILES string of the molecule is CCOCCn1c(=NC(=O)c2ccn(CC)n2)sc2c(OC)ccc(OC)c21. The highest BCUT2D eigenvalue weighted by atomic mass is 32.1. The monoisotopic (exact) mass is 404 g/mol. The minimum atomic E-state index is -0.387. The van der Waals surface area contributed by atoms with E-state index in [9.17, 15) is 4.79 Å². The molecule has 0 atom stereocenters. The molecule has 0 spiro atoms. The molecule has 2 heterocycles. The van der Waals surface area contributed by atoms with Gasteiger partial charge in [0.05, 0.1) is 20.8 Å². The van der Waals surface area contributed by atoms with Crippen LogP contribution in [0.2, 0.25) is 0 Å². The van der Waals surface area contributed by atoms with Crippen molar-refractivity contribution in [3.63, 3.8) is 0 Å². The molecule has 0 saturated heterocycles. The Kier molecular flexibility index (Phi) is 6.48. The van der Waals surface area contributed by atoms with Crippen molar-refractivity contribution < 1.29 is 19.0 Å². The summed E-state index contributed by atoms with van der Waals surface area (Å²) in [4.78, 5) is 17.6. The van der Waals surface area contributed by atoms with Gasteiger partial charge in [0.15, 0.2) is 10.5 Å². The Morgan fingerprint density at radius 3 is 2.57 bits per heavy atom. The van der Waals surface area contributed by atoms with Crippen molar-refractivity contribution in [2.24, 2.45) is 4.99 Å². The predicted octanol–water partition coefficient (Wildman–Crippen LogP) is 2.71. The number of carbonyl (C=O) groups excluding carboxylic acids is 1. The van der Waals surface area contributed by atoms with Gasteiger partial charge in [-0.3, -0.25) is 9.48 Å². The maximum atomic E-state index is 12.7. The molecular weight excluding hydrogens is 380 g/mol. The molecule has 1 amide bonds. The molecule has 0 radical (unpaired) electrons. The summed E-state index contributed by atoms with van der Waals surface area (Å²) in [5, 5.41) is 4.25. The van der Waals surface area contributed by atoms with Gasteiger partial charge < -0.3 is 18.8 Å². The molecule has 3 aromatic rings. The van der Waals surface area contributed by atoms with E-state index in [1.165, 1.54) is 11.3 Å². The van der Waals surface area contributed by atoms with Crippen molar-refractivity contribution in [3.8, 4) is 11.5 Å². The number of ether oxygens (including phenoxy) is 3. The number of fused-ring (bicyclic) bond motifs is 1. The van der Waals surface area contributed by atoms with E-state index in [4.69, 9.17) is 14.2 Å². The highest BCUT2D eigenvalue weighted by molar-refractivity contribution is 7.16. The van der Waals surface area contributed by atoms with Crippen molar-refractivity contribution in [2.45, 2.75) is 26.9 Å². The first-order chi connectivity index (χ1) is 13.6. The normalized spacial score (nSPS) is 11.9. The van der Waals surface area contributed by atoms with Gasteiger partial charge >= 0.3 is 0 Å². The molecule has 0 saturated carbocycles. The second-order valence-corrected chi connectivity index (χ2v) is 6.83. The zero-order valence-electron chi connectivity index (χ0n) is 16.5. The number of methoxy groups -OCH3 is 2. The first-order valence-electron chi connectivity index (χ1n) is 9.07. The Bertz CT molecular complexity index is 1030. The van der Waals surface area contributed by atoms with Gasteiger partial charge in [-0.15, -0.1) is 0 Å². The number of aromatic nitrogens is 3. The van der Waals surface area contributed by atoms with Crippen molar-refractivity contribution in [1.82, 2.24) is 14.3 Å². The number of hydrogen-bond acceptors (Lipinski definition) is 6. The fourth-order valence-corrected chi connectivity index (χ4v) is 4.01. The Morgan fingerprint density at radius 2 is 1.93 bits per heavy atom. The van der Waals surface area contributed by atoms with Gasteiger partial charge in [0.25, 0.3) is 5.91 Å². The second-order valence-electron chi connectivity index (χ2n) is 5.85. The first-order valence-corrected chi connectivity index (χ1v) is 9.89. The predicted molar refractivity (Wildman–Crippen MR) is 107 cm³/mol. The number of nitrogens with zero attached hydrogens (tertiary/aromatic N) is 4. The molecule has 2 aromatic heterocycles. The van der Waals surface area contributed by atoms with Crippen LogP contribution in [0.15, 0.2) is 29.4 Å². The van der Waals surface area contributed by atoms with Crippen LogP contribution in [0.3, 0.4) is 0 Å². The summed E-state index contributed by atoms with van der Waals surface area (Å²) >= 11 is 1.38. The van der Waals surface area contributed by atoms with Gasteiger partial charge in [0, 0.05) is 25.9 Å². The average Bonchev–Trinajstić information content (AvgIpc) is 3.33. The number of hydrogen-bond donors (Lipinski definition) is 0. The Balaban J connectivity index is 2.16. The lowest BCUT2D eigenvalue weighted by Gasteiger charge is -2.10. The lowest BCUT2D eigenvalue weighted by molar-refractivity contribution is 0.0991. The van der Waals surface area contributed by atoms with Crippen molar-refractivity contribution in [3.05, 3.63) is 34.9 Å². The van der Waals surface area contributed by atoms with Crippen LogP contribution in [0.4, 0.5) is 0 Å². The first kappa shape index (κ1) is 20.1. The molecule has 0 fully saturated rings. The minimum Gasteiger partial charge on any atom is -0.495 e. The average molecular weight is 404 g/mol. The number of aryl methyl sites for hydroxylation is 1. The van der Waals surface area contributed by atoms with Crippen LogP contribution >= 0.6 is 11.3 Å². The third kappa shape index (κ3) is 3.95. The summed E-state index contributed by atoms with van der Waals surface area (Å²) < 4.78 is 21.1. The summed E-state index contributed by atoms with van der Waals surface area (Å²) in [5.41, 5.74) is 1.15. The third-order valence-corrected chi connectivity index (χ3v) is 5.33.